The van der Waals surface area contributed by atoms with Crippen LogP contribution in [-0.2, 0) is 4.79 Å². The maximum atomic E-state index is 13.9. The van der Waals surface area contributed by atoms with Crippen molar-refractivity contribution in [1.82, 2.24) is 15.0 Å². The molecule has 0 aromatic carbocycles. The van der Waals surface area contributed by atoms with Crippen molar-refractivity contribution < 1.29 is 13.9 Å². The number of carbonyl (C=O) groups is 1. The van der Waals surface area contributed by atoms with Gasteiger partial charge in [-0.2, -0.15) is 0 Å². The molecule has 1 amide bonds. The Bertz CT molecular complexity index is 1260. The van der Waals surface area contributed by atoms with Crippen molar-refractivity contribution in [1.29, 1.82) is 0 Å². The summed E-state index contributed by atoms with van der Waals surface area (Å²) in [6, 6.07) is 8.11. The van der Waals surface area contributed by atoms with Crippen molar-refractivity contribution in [2.45, 2.75) is 90.4 Å². The number of methoxy groups -OCH3 is 1. The smallest absolute Gasteiger partial charge is 0.231 e. The lowest BCUT2D eigenvalue weighted by atomic mass is 9.79. The van der Waals surface area contributed by atoms with Gasteiger partial charge in [0.25, 0.3) is 0 Å². The van der Waals surface area contributed by atoms with Crippen molar-refractivity contribution in [3.63, 3.8) is 0 Å². The number of oxazole rings is 1. The summed E-state index contributed by atoms with van der Waals surface area (Å²) >= 11 is 0. The summed E-state index contributed by atoms with van der Waals surface area (Å²) in [6.45, 7) is 6.85. The molecule has 0 radical (unpaired) electrons. The molecule has 2 saturated carbocycles. The van der Waals surface area contributed by atoms with Crippen molar-refractivity contribution in [2.75, 3.05) is 18.6 Å². The molecule has 0 unspecified atom stereocenters. The molecular weight excluding hydrogens is 488 g/mol. The number of amides is 1. The van der Waals surface area contributed by atoms with Gasteiger partial charge in [0.15, 0.2) is 5.89 Å². The molecule has 39 heavy (non-hydrogen) atoms. The minimum Gasteiger partial charge on any atom is -0.495 e. The number of aromatic nitrogens is 3. The van der Waals surface area contributed by atoms with Crippen LogP contribution in [0.3, 0.4) is 0 Å². The molecular formula is C32H42N4O3. The predicted octanol–water partition coefficient (Wildman–Crippen LogP) is 7.46. The van der Waals surface area contributed by atoms with Gasteiger partial charge in [0.1, 0.15) is 23.5 Å². The van der Waals surface area contributed by atoms with E-state index < -0.39 is 0 Å². The molecule has 7 nitrogen and oxygen atoms in total. The van der Waals surface area contributed by atoms with Crippen LogP contribution in [0.25, 0.3) is 11.3 Å². The Kier molecular flexibility index (Phi) is 8.63. The Morgan fingerprint density at radius 2 is 1.82 bits per heavy atom. The van der Waals surface area contributed by atoms with Crippen molar-refractivity contribution in [2.24, 2.45) is 11.8 Å². The van der Waals surface area contributed by atoms with E-state index in [0.717, 1.165) is 91.5 Å². The highest BCUT2D eigenvalue weighted by Gasteiger charge is 2.32. The van der Waals surface area contributed by atoms with Crippen molar-refractivity contribution in [3.8, 4) is 17.0 Å². The van der Waals surface area contributed by atoms with Gasteiger partial charge in [-0.05, 0) is 75.6 Å². The molecule has 0 bridgehead atoms. The molecule has 7 heteroatoms. The number of hydrogen-bond donors (Lipinski definition) is 0. The summed E-state index contributed by atoms with van der Waals surface area (Å²) in [7, 11) is 1.69. The number of carbonyl (C=O) groups excluding carboxylic acids is 1. The fourth-order valence-electron chi connectivity index (χ4n) is 6.19. The second-order valence-electron chi connectivity index (χ2n) is 11.7. The quantitative estimate of drug-likeness (QED) is 0.301. The monoisotopic (exact) mass is 530 g/mol. The molecule has 0 saturated heterocycles. The summed E-state index contributed by atoms with van der Waals surface area (Å²) in [6.07, 6.45) is 13.3. The highest BCUT2D eigenvalue weighted by atomic mass is 16.5. The van der Waals surface area contributed by atoms with Gasteiger partial charge in [0.05, 0.1) is 12.8 Å². The van der Waals surface area contributed by atoms with Crippen LogP contribution in [0.1, 0.15) is 101 Å². The Hall–Kier alpha value is -3.22. The van der Waals surface area contributed by atoms with E-state index in [-0.39, 0.29) is 17.7 Å². The molecule has 3 heterocycles. The van der Waals surface area contributed by atoms with E-state index >= 15 is 0 Å². The minimum absolute atomic E-state index is 0.0895. The van der Waals surface area contributed by atoms with E-state index in [2.05, 4.69) is 24.9 Å². The van der Waals surface area contributed by atoms with Gasteiger partial charge in [0, 0.05) is 41.8 Å². The highest BCUT2D eigenvalue weighted by molar-refractivity contribution is 5.94. The largest absolute Gasteiger partial charge is 0.495 e. The zero-order chi connectivity index (χ0) is 27.4. The predicted molar refractivity (Wildman–Crippen MR) is 153 cm³/mol. The van der Waals surface area contributed by atoms with Gasteiger partial charge in [-0.15, -0.1) is 0 Å². The van der Waals surface area contributed by atoms with Crippen LogP contribution in [0, 0.1) is 18.8 Å². The first-order chi connectivity index (χ1) is 18.9. The first kappa shape index (κ1) is 27.4. The maximum absolute atomic E-state index is 13.9. The summed E-state index contributed by atoms with van der Waals surface area (Å²) in [4.78, 5) is 30.1. The third-order valence-corrected chi connectivity index (χ3v) is 8.54. The molecule has 0 spiro atoms. The van der Waals surface area contributed by atoms with E-state index in [1.54, 1.807) is 19.6 Å². The minimum atomic E-state index is 0.0895. The van der Waals surface area contributed by atoms with E-state index in [1.807, 2.05) is 30.0 Å². The van der Waals surface area contributed by atoms with Crippen LogP contribution in [-0.4, -0.2) is 34.5 Å². The number of aryl methyl sites for hydroxylation is 1. The Morgan fingerprint density at radius 3 is 2.49 bits per heavy atom. The molecule has 0 atom stereocenters. The number of anilines is 1. The molecule has 0 N–H and O–H groups in total. The molecule has 0 aliphatic heterocycles. The average Bonchev–Trinajstić information content (AvgIpc) is 3.48. The molecule has 2 aliphatic carbocycles. The van der Waals surface area contributed by atoms with Crippen LogP contribution in [0.5, 0.6) is 5.75 Å². The van der Waals surface area contributed by atoms with Crippen LogP contribution in [0.15, 0.2) is 41.1 Å². The molecule has 5 rings (SSSR count). The number of rotatable bonds is 8. The van der Waals surface area contributed by atoms with Crippen LogP contribution in [0.4, 0.5) is 5.82 Å². The topological polar surface area (TPSA) is 81.4 Å². The third-order valence-electron chi connectivity index (χ3n) is 8.54. The first-order valence-electron chi connectivity index (χ1n) is 14.7. The zero-order valence-electron chi connectivity index (χ0n) is 23.9. The fraction of sp³-hybridized carbons (Fsp3) is 0.562. The van der Waals surface area contributed by atoms with Gasteiger partial charge >= 0.3 is 0 Å². The fourth-order valence-corrected chi connectivity index (χ4v) is 6.19. The summed E-state index contributed by atoms with van der Waals surface area (Å²) in [5.74, 6) is 3.73. The standard InChI is InChI=1S/C32H42N4O3/c1-21(2)31-35-28(20-39-31)26-16-17-33-30(18-26)36(32(37)25-8-6-5-7-9-25)19-23-10-12-24(13-11-23)27-14-15-29(38-4)22(3)34-27/h14-18,20-21,23-25H,5-13,19H2,1-4H3. The van der Waals surface area contributed by atoms with Crippen molar-refractivity contribution >= 4 is 11.7 Å². The van der Waals surface area contributed by atoms with Crippen LogP contribution >= 0.6 is 0 Å². The summed E-state index contributed by atoms with van der Waals surface area (Å²) in [5, 5.41) is 0. The van der Waals surface area contributed by atoms with Crippen LogP contribution < -0.4 is 9.64 Å². The lowest BCUT2D eigenvalue weighted by molar-refractivity contribution is -0.123. The highest BCUT2D eigenvalue weighted by Crippen LogP contribution is 2.38. The normalized spacial score (nSPS) is 20.2. The summed E-state index contributed by atoms with van der Waals surface area (Å²) in [5.41, 5.74) is 3.82. The van der Waals surface area contributed by atoms with Gasteiger partial charge < -0.3 is 9.15 Å². The van der Waals surface area contributed by atoms with E-state index in [1.165, 1.54) is 6.42 Å². The van der Waals surface area contributed by atoms with Gasteiger partial charge in [-0.25, -0.2) is 9.97 Å². The second kappa shape index (κ2) is 12.3. The van der Waals surface area contributed by atoms with Crippen LogP contribution in [0.2, 0.25) is 0 Å². The molecule has 3 aromatic rings. The SMILES string of the molecule is COc1ccc(C2CCC(CN(C(=O)C3CCCCC3)c3cc(-c4coc(C(C)C)n4)ccn3)CC2)nc1C. The maximum Gasteiger partial charge on any atom is 0.231 e. The number of hydrogen-bond acceptors (Lipinski definition) is 6. The number of pyridine rings is 2. The third kappa shape index (κ3) is 6.34. The Balaban J connectivity index is 1.33. The lowest BCUT2D eigenvalue weighted by Crippen LogP contribution is -2.41. The van der Waals surface area contributed by atoms with E-state index in [4.69, 9.17) is 19.1 Å². The zero-order valence-corrected chi connectivity index (χ0v) is 23.9. The van der Waals surface area contributed by atoms with Gasteiger partial charge in [-0.3, -0.25) is 14.7 Å². The first-order valence-corrected chi connectivity index (χ1v) is 14.7. The number of ether oxygens (including phenoxy) is 1. The molecule has 2 fully saturated rings. The Morgan fingerprint density at radius 1 is 1.05 bits per heavy atom. The second-order valence-corrected chi connectivity index (χ2v) is 11.7. The van der Waals surface area contributed by atoms with Gasteiger partial charge in [-0.1, -0.05) is 33.1 Å². The van der Waals surface area contributed by atoms with Gasteiger partial charge in [0.2, 0.25) is 5.91 Å². The molecule has 2 aliphatic rings. The number of nitrogens with zero attached hydrogens (tertiary/aromatic N) is 4. The van der Waals surface area contributed by atoms with E-state index in [9.17, 15) is 4.79 Å². The average molecular weight is 531 g/mol. The van der Waals surface area contributed by atoms with E-state index in [0.29, 0.717) is 18.4 Å². The Labute approximate surface area is 232 Å². The molecule has 208 valence electrons. The lowest BCUT2D eigenvalue weighted by Gasteiger charge is -2.34. The molecule has 3 aromatic heterocycles. The summed E-state index contributed by atoms with van der Waals surface area (Å²) < 4.78 is 11.1. The van der Waals surface area contributed by atoms with Crippen molar-refractivity contribution in [3.05, 3.63) is 54.0 Å².